The molecule has 1 heterocycles. The van der Waals surface area contributed by atoms with Gasteiger partial charge in [-0.1, -0.05) is 37.3 Å². The van der Waals surface area contributed by atoms with Gasteiger partial charge in [0, 0.05) is 17.1 Å². The minimum atomic E-state index is -3.51. The Morgan fingerprint density at radius 3 is 2.53 bits per heavy atom. The number of rotatable bonds is 5. The molecule has 0 saturated heterocycles. The molecular formula is C13H16N2O2S2. The van der Waals surface area contributed by atoms with Crippen LogP contribution in [-0.4, -0.2) is 8.42 Å². The Hall–Kier alpha value is -1.37. The zero-order valence-electron chi connectivity index (χ0n) is 10.5. The van der Waals surface area contributed by atoms with E-state index >= 15 is 0 Å². The SMILES string of the molecule is CCC(NS(=O)(=O)c1cc(N)cs1)c1ccccc1. The van der Waals surface area contributed by atoms with Crippen LogP contribution in [-0.2, 0) is 10.0 Å². The summed E-state index contributed by atoms with van der Waals surface area (Å²) in [5.41, 5.74) is 6.99. The quantitative estimate of drug-likeness (QED) is 0.891. The fraction of sp³-hybridized carbons (Fsp3) is 0.231. The molecule has 0 amide bonds. The molecule has 1 aromatic heterocycles. The molecule has 0 aliphatic heterocycles. The molecule has 102 valence electrons. The van der Waals surface area contributed by atoms with Crippen LogP contribution in [0.4, 0.5) is 5.69 Å². The number of thiophene rings is 1. The van der Waals surface area contributed by atoms with Crippen LogP contribution in [0.25, 0.3) is 0 Å². The summed E-state index contributed by atoms with van der Waals surface area (Å²) in [5, 5.41) is 1.62. The molecule has 0 fully saturated rings. The van der Waals surface area contributed by atoms with Gasteiger partial charge < -0.3 is 5.73 Å². The molecule has 19 heavy (non-hydrogen) atoms. The molecule has 0 bridgehead atoms. The van der Waals surface area contributed by atoms with E-state index in [1.165, 1.54) is 6.07 Å². The van der Waals surface area contributed by atoms with Crippen molar-refractivity contribution in [2.75, 3.05) is 5.73 Å². The molecule has 2 aromatic rings. The van der Waals surface area contributed by atoms with Crippen LogP contribution in [0.15, 0.2) is 46.0 Å². The fourth-order valence-electron chi connectivity index (χ4n) is 1.79. The number of nitrogen functional groups attached to an aromatic ring is 1. The largest absolute Gasteiger partial charge is 0.398 e. The van der Waals surface area contributed by atoms with Crippen molar-refractivity contribution in [1.29, 1.82) is 0 Å². The van der Waals surface area contributed by atoms with E-state index in [0.717, 1.165) is 16.9 Å². The summed E-state index contributed by atoms with van der Waals surface area (Å²) in [7, 11) is -3.51. The average Bonchev–Trinajstić information content (AvgIpc) is 2.85. The van der Waals surface area contributed by atoms with Crippen LogP contribution in [0.1, 0.15) is 24.9 Å². The van der Waals surface area contributed by atoms with Crippen molar-refractivity contribution in [3.63, 3.8) is 0 Å². The lowest BCUT2D eigenvalue weighted by Gasteiger charge is -2.16. The van der Waals surface area contributed by atoms with Crippen molar-refractivity contribution in [2.45, 2.75) is 23.6 Å². The van der Waals surface area contributed by atoms with E-state index in [0.29, 0.717) is 12.1 Å². The molecule has 1 aromatic carbocycles. The van der Waals surface area contributed by atoms with Crippen molar-refractivity contribution in [2.24, 2.45) is 0 Å². The zero-order valence-corrected chi connectivity index (χ0v) is 12.2. The molecule has 0 spiro atoms. The molecule has 0 radical (unpaired) electrons. The highest BCUT2D eigenvalue weighted by atomic mass is 32.2. The normalized spacial score (nSPS) is 13.3. The van der Waals surface area contributed by atoms with Crippen molar-refractivity contribution < 1.29 is 8.42 Å². The third-order valence-electron chi connectivity index (χ3n) is 2.77. The molecule has 1 unspecified atom stereocenters. The summed E-state index contributed by atoms with van der Waals surface area (Å²) in [6, 6.07) is 10.8. The predicted molar refractivity (Wildman–Crippen MR) is 78.5 cm³/mol. The number of hydrogen-bond acceptors (Lipinski definition) is 4. The van der Waals surface area contributed by atoms with Gasteiger partial charge in [0.15, 0.2) is 0 Å². The van der Waals surface area contributed by atoms with Crippen molar-refractivity contribution in [3.05, 3.63) is 47.3 Å². The number of anilines is 1. The molecule has 2 rings (SSSR count). The molecular weight excluding hydrogens is 280 g/mol. The first-order valence-corrected chi connectivity index (χ1v) is 8.30. The maximum absolute atomic E-state index is 12.2. The standard InChI is InChI=1S/C13H16N2O2S2/c1-2-12(10-6-4-3-5-7-10)15-19(16,17)13-8-11(14)9-18-13/h3-9,12,15H,2,14H2,1H3. The van der Waals surface area contributed by atoms with Gasteiger partial charge in [-0.25, -0.2) is 13.1 Å². The third kappa shape index (κ3) is 3.34. The minimum Gasteiger partial charge on any atom is -0.398 e. The Morgan fingerprint density at radius 2 is 2.00 bits per heavy atom. The Labute approximate surface area is 117 Å². The Kier molecular flexibility index (Phi) is 4.24. The summed E-state index contributed by atoms with van der Waals surface area (Å²) >= 11 is 1.13. The van der Waals surface area contributed by atoms with Crippen LogP contribution in [0.3, 0.4) is 0 Å². The fourth-order valence-corrected chi connectivity index (χ4v) is 4.19. The highest BCUT2D eigenvalue weighted by molar-refractivity contribution is 7.91. The second-order valence-electron chi connectivity index (χ2n) is 4.19. The van der Waals surface area contributed by atoms with Gasteiger partial charge in [-0.05, 0) is 18.1 Å². The van der Waals surface area contributed by atoms with Gasteiger partial charge in [-0.2, -0.15) is 0 Å². The molecule has 4 nitrogen and oxygen atoms in total. The summed E-state index contributed by atoms with van der Waals surface area (Å²) in [6.07, 6.45) is 0.685. The van der Waals surface area contributed by atoms with Crippen LogP contribution < -0.4 is 10.5 Å². The number of benzene rings is 1. The second kappa shape index (κ2) is 5.73. The van der Waals surface area contributed by atoms with E-state index in [-0.39, 0.29) is 10.3 Å². The van der Waals surface area contributed by atoms with E-state index in [9.17, 15) is 8.42 Å². The number of nitrogens with one attached hydrogen (secondary N) is 1. The highest BCUT2D eigenvalue weighted by Crippen LogP contribution is 2.25. The Balaban J connectivity index is 2.23. The molecule has 0 saturated carbocycles. The minimum absolute atomic E-state index is 0.227. The summed E-state index contributed by atoms with van der Waals surface area (Å²) in [6.45, 7) is 1.95. The molecule has 0 aliphatic carbocycles. The average molecular weight is 296 g/mol. The molecule has 1 atom stereocenters. The Morgan fingerprint density at radius 1 is 1.32 bits per heavy atom. The molecule has 0 aliphatic rings. The monoisotopic (exact) mass is 296 g/mol. The van der Waals surface area contributed by atoms with Crippen LogP contribution in [0.2, 0.25) is 0 Å². The van der Waals surface area contributed by atoms with E-state index in [1.54, 1.807) is 5.38 Å². The van der Waals surface area contributed by atoms with E-state index < -0.39 is 10.0 Å². The lowest BCUT2D eigenvalue weighted by Crippen LogP contribution is -2.27. The van der Waals surface area contributed by atoms with E-state index in [2.05, 4.69) is 4.72 Å². The molecule has 3 N–H and O–H groups in total. The maximum Gasteiger partial charge on any atom is 0.250 e. The van der Waals surface area contributed by atoms with Crippen LogP contribution >= 0.6 is 11.3 Å². The first-order chi connectivity index (χ1) is 9.03. The first kappa shape index (κ1) is 14.0. The van der Waals surface area contributed by atoms with Gasteiger partial charge in [-0.15, -0.1) is 11.3 Å². The number of hydrogen-bond donors (Lipinski definition) is 2. The summed E-state index contributed by atoms with van der Waals surface area (Å²) < 4.78 is 27.4. The molecule has 6 heteroatoms. The lowest BCUT2D eigenvalue weighted by atomic mass is 10.1. The lowest BCUT2D eigenvalue weighted by molar-refractivity contribution is 0.552. The van der Waals surface area contributed by atoms with Gasteiger partial charge in [0.1, 0.15) is 4.21 Å². The van der Waals surface area contributed by atoms with Crippen molar-refractivity contribution in [1.82, 2.24) is 4.72 Å². The topological polar surface area (TPSA) is 72.2 Å². The van der Waals surface area contributed by atoms with E-state index in [4.69, 9.17) is 5.73 Å². The summed E-state index contributed by atoms with van der Waals surface area (Å²) in [5.74, 6) is 0. The van der Waals surface area contributed by atoms with Gasteiger partial charge in [-0.3, -0.25) is 0 Å². The third-order valence-corrected chi connectivity index (χ3v) is 5.70. The summed E-state index contributed by atoms with van der Waals surface area (Å²) in [4.78, 5) is 0. The van der Waals surface area contributed by atoms with Gasteiger partial charge >= 0.3 is 0 Å². The van der Waals surface area contributed by atoms with Crippen LogP contribution in [0.5, 0.6) is 0 Å². The predicted octanol–water partition coefficient (Wildman–Crippen LogP) is 2.76. The van der Waals surface area contributed by atoms with Crippen LogP contribution in [0, 0.1) is 0 Å². The van der Waals surface area contributed by atoms with Crippen molar-refractivity contribution in [3.8, 4) is 0 Å². The Bertz CT molecular complexity index is 636. The van der Waals surface area contributed by atoms with Gasteiger partial charge in [0.25, 0.3) is 10.0 Å². The smallest absolute Gasteiger partial charge is 0.250 e. The maximum atomic E-state index is 12.2. The first-order valence-electron chi connectivity index (χ1n) is 5.94. The zero-order chi connectivity index (χ0) is 13.9. The second-order valence-corrected chi connectivity index (χ2v) is 7.04. The van der Waals surface area contributed by atoms with Gasteiger partial charge in [0.05, 0.1) is 0 Å². The van der Waals surface area contributed by atoms with Gasteiger partial charge in [0.2, 0.25) is 0 Å². The van der Waals surface area contributed by atoms with Crippen molar-refractivity contribution >= 4 is 27.0 Å². The van der Waals surface area contributed by atoms with E-state index in [1.807, 2.05) is 37.3 Å². The highest BCUT2D eigenvalue weighted by Gasteiger charge is 2.21. The number of nitrogens with two attached hydrogens (primary N) is 1. The number of sulfonamides is 1.